The van der Waals surface area contributed by atoms with E-state index in [9.17, 15) is 4.79 Å². The summed E-state index contributed by atoms with van der Waals surface area (Å²) in [6.07, 6.45) is 1.85. The van der Waals surface area contributed by atoms with Crippen molar-refractivity contribution in [3.8, 4) is 16.9 Å². The standard InChI is InChI=1S/C20H18BrN3O2/c1-12(21)10-24-11-16-15(6-7-18(26-3)19(16)20(24)25)13-4-5-14-9-22-23(2)17(14)8-13/h4-9H,1,10-11H2,2-3H3. The summed E-state index contributed by atoms with van der Waals surface area (Å²) in [4.78, 5) is 14.7. The van der Waals surface area contributed by atoms with Crippen LogP contribution in [0.25, 0.3) is 22.0 Å². The van der Waals surface area contributed by atoms with Crippen LogP contribution in [0.3, 0.4) is 0 Å². The first-order chi connectivity index (χ1) is 12.5. The van der Waals surface area contributed by atoms with Gasteiger partial charge in [0.25, 0.3) is 5.91 Å². The lowest BCUT2D eigenvalue weighted by molar-refractivity contribution is 0.0793. The minimum atomic E-state index is -0.0269. The van der Waals surface area contributed by atoms with Crippen LogP contribution in [0.1, 0.15) is 15.9 Å². The van der Waals surface area contributed by atoms with Crippen molar-refractivity contribution in [2.45, 2.75) is 6.54 Å². The smallest absolute Gasteiger partial charge is 0.258 e. The van der Waals surface area contributed by atoms with Gasteiger partial charge in [-0.25, -0.2) is 0 Å². The Hall–Kier alpha value is -2.60. The molecule has 6 heteroatoms. The molecule has 0 aliphatic carbocycles. The van der Waals surface area contributed by atoms with Crippen LogP contribution in [0.4, 0.5) is 0 Å². The molecule has 0 unspecified atom stereocenters. The van der Waals surface area contributed by atoms with Gasteiger partial charge in [-0.3, -0.25) is 9.48 Å². The minimum absolute atomic E-state index is 0.0269. The lowest BCUT2D eigenvalue weighted by Gasteiger charge is -2.14. The monoisotopic (exact) mass is 411 g/mol. The summed E-state index contributed by atoms with van der Waals surface area (Å²) in [6, 6.07) is 10.1. The Labute approximate surface area is 160 Å². The summed E-state index contributed by atoms with van der Waals surface area (Å²) < 4.78 is 8.08. The van der Waals surface area contributed by atoms with Crippen LogP contribution >= 0.6 is 15.9 Å². The fourth-order valence-electron chi connectivity index (χ4n) is 3.53. The number of nitrogens with zero attached hydrogens (tertiary/aromatic N) is 3. The molecule has 0 atom stereocenters. The Morgan fingerprint density at radius 3 is 2.88 bits per heavy atom. The van der Waals surface area contributed by atoms with Crippen LogP contribution in [-0.2, 0) is 13.6 Å². The zero-order chi connectivity index (χ0) is 18.4. The van der Waals surface area contributed by atoms with Gasteiger partial charge in [0.15, 0.2) is 0 Å². The Balaban J connectivity index is 1.87. The van der Waals surface area contributed by atoms with E-state index in [1.807, 2.05) is 30.1 Å². The summed E-state index contributed by atoms with van der Waals surface area (Å²) in [6.45, 7) is 4.86. The molecule has 2 heterocycles. The molecule has 0 spiro atoms. The Kier molecular flexibility index (Phi) is 4.07. The van der Waals surface area contributed by atoms with Gasteiger partial charge in [-0.2, -0.15) is 5.10 Å². The van der Waals surface area contributed by atoms with Crippen molar-refractivity contribution >= 4 is 32.7 Å². The van der Waals surface area contributed by atoms with Crippen molar-refractivity contribution in [1.82, 2.24) is 14.7 Å². The van der Waals surface area contributed by atoms with Crippen LogP contribution in [0.5, 0.6) is 5.75 Å². The number of methoxy groups -OCH3 is 1. The summed E-state index contributed by atoms with van der Waals surface area (Å²) in [5, 5.41) is 5.40. The number of aryl methyl sites for hydroxylation is 1. The van der Waals surface area contributed by atoms with Crippen LogP contribution in [0.2, 0.25) is 0 Å². The van der Waals surface area contributed by atoms with Gasteiger partial charge in [-0.15, -0.1) is 0 Å². The average Bonchev–Trinajstić information content (AvgIpc) is 3.15. The largest absolute Gasteiger partial charge is 0.496 e. The number of amides is 1. The molecule has 1 amide bonds. The van der Waals surface area contributed by atoms with Gasteiger partial charge in [0.05, 0.1) is 30.9 Å². The maximum absolute atomic E-state index is 12.9. The van der Waals surface area contributed by atoms with Crippen LogP contribution in [0.15, 0.2) is 47.6 Å². The number of rotatable bonds is 4. The Morgan fingerprint density at radius 2 is 2.15 bits per heavy atom. The highest BCUT2D eigenvalue weighted by atomic mass is 79.9. The third kappa shape index (κ3) is 2.61. The van der Waals surface area contributed by atoms with E-state index in [2.05, 4.69) is 45.8 Å². The Morgan fingerprint density at radius 1 is 1.35 bits per heavy atom. The zero-order valence-corrected chi connectivity index (χ0v) is 16.2. The summed E-state index contributed by atoms with van der Waals surface area (Å²) in [5.74, 6) is 0.582. The molecule has 0 bridgehead atoms. The van der Waals surface area contributed by atoms with Crippen LogP contribution in [0, 0.1) is 0 Å². The topological polar surface area (TPSA) is 47.4 Å². The second-order valence-electron chi connectivity index (χ2n) is 6.39. The van der Waals surface area contributed by atoms with Gasteiger partial charge in [-0.05, 0) is 28.8 Å². The van der Waals surface area contributed by atoms with Crippen molar-refractivity contribution in [2.24, 2.45) is 7.05 Å². The van der Waals surface area contributed by atoms with Crippen molar-refractivity contribution < 1.29 is 9.53 Å². The summed E-state index contributed by atoms with van der Waals surface area (Å²) in [7, 11) is 3.52. The number of ether oxygens (including phenoxy) is 1. The molecule has 26 heavy (non-hydrogen) atoms. The molecule has 4 rings (SSSR count). The minimum Gasteiger partial charge on any atom is -0.496 e. The normalized spacial score (nSPS) is 13.3. The molecule has 0 radical (unpaired) electrons. The van der Waals surface area contributed by atoms with E-state index in [0.29, 0.717) is 24.4 Å². The van der Waals surface area contributed by atoms with E-state index in [-0.39, 0.29) is 5.91 Å². The van der Waals surface area contributed by atoms with E-state index in [1.165, 1.54) is 0 Å². The highest BCUT2D eigenvalue weighted by Crippen LogP contribution is 2.39. The fraction of sp³-hybridized carbons (Fsp3) is 0.200. The van der Waals surface area contributed by atoms with E-state index >= 15 is 0 Å². The SMILES string of the molecule is C=C(Br)CN1Cc2c(-c3ccc4cnn(C)c4c3)ccc(OC)c2C1=O. The number of carbonyl (C=O) groups is 1. The number of aromatic nitrogens is 2. The third-order valence-electron chi connectivity index (χ3n) is 4.77. The molecule has 0 saturated heterocycles. The highest BCUT2D eigenvalue weighted by molar-refractivity contribution is 9.11. The second-order valence-corrected chi connectivity index (χ2v) is 7.51. The molecule has 1 aliphatic heterocycles. The highest BCUT2D eigenvalue weighted by Gasteiger charge is 2.33. The van der Waals surface area contributed by atoms with E-state index in [1.54, 1.807) is 12.0 Å². The van der Waals surface area contributed by atoms with Crippen molar-refractivity contribution in [1.29, 1.82) is 0 Å². The number of benzene rings is 2. The average molecular weight is 412 g/mol. The predicted octanol–water partition coefficient (Wildman–Crippen LogP) is 4.11. The maximum Gasteiger partial charge on any atom is 0.258 e. The first-order valence-electron chi connectivity index (χ1n) is 8.24. The fourth-order valence-corrected chi connectivity index (χ4v) is 3.84. The van der Waals surface area contributed by atoms with Gasteiger partial charge in [-0.1, -0.05) is 40.7 Å². The maximum atomic E-state index is 12.9. The molecule has 2 aromatic carbocycles. The number of hydrogen-bond acceptors (Lipinski definition) is 3. The van der Waals surface area contributed by atoms with Gasteiger partial charge in [0, 0.05) is 23.5 Å². The number of fused-ring (bicyclic) bond motifs is 2. The molecule has 3 aromatic rings. The lowest BCUT2D eigenvalue weighted by Crippen LogP contribution is -2.25. The quantitative estimate of drug-likeness (QED) is 0.648. The molecular weight excluding hydrogens is 394 g/mol. The van der Waals surface area contributed by atoms with Gasteiger partial charge in [0.1, 0.15) is 5.75 Å². The molecule has 0 N–H and O–H groups in total. The summed E-state index contributed by atoms with van der Waals surface area (Å²) >= 11 is 3.36. The molecule has 0 fully saturated rings. The van der Waals surface area contributed by atoms with Gasteiger partial charge in [0.2, 0.25) is 0 Å². The van der Waals surface area contributed by atoms with E-state index in [0.717, 1.165) is 32.1 Å². The molecule has 5 nitrogen and oxygen atoms in total. The van der Waals surface area contributed by atoms with Crippen molar-refractivity contribution in [3.05, 3.63) is 58.7 Å². The first-order valence-corrected chi connectivity index (χ1v) is 9.03. The molecule has 132 valence electrons. The third-order valence-corrected chi connectivity index (χ3v) is 5.02. The van der Waals surface area contributed by atoms with E-state index < -0.39 is 0 Å². The first kappa shape index (κ1) is 16.8. The van der Waals surface area contributed by atoms with Crippen LogP contribution < -0.4 is 4.74 Å². The number of halogens is 1. The Bertz CT molecular complexity index is 1050. The molecular formula is C20H18BrN3O2. The molecule has 1 aromatic heterocycles. The zero-order valence-electron chi connectivity index (χ0n) is 14.6. The van der Waals surface area contributed by atoms with Crippen LogP contribution in [-0.4, -0.2) is 34.2 Å². The summed E-state index contributed by atoms with van der Waals surface area (Å²) in [5.41, 5.74) is 4.79. The predicted molar refractivity (Wildman–Crippen MR) is 106 cm³/mol. The molecule has 1 aliphatic rings. The number of hydrogen-bond donors (Lipinski definition) is 0. The van der Waals surface area contributed by atoms with Crippen molar-refractivity contribution in [2.75, 3.05) is 13.7 Å². The van der Waals surface area contributed by atoms with Gasteiger partial charge < -0.3 is 9.64 Å². The molecule has 0 saturated carbocycles. The second kappa shape index (κ2) is 6.29. The van der Waals surface area contributed by atoms with Gasteiger partial charge >= 0.3 is 0 Å². The van der Waals surface area contributed by atoms with E-state index in [4.69, 9.17) is 4.74 Å². The lowest BCUT2D eigenvalue weighted by atomic mass is 9.95. The van der Waals surface area contributed by atoms with Crippen molar-refractivity contribution in [3.63, 3.8) is 0 Å². The number of carbonyl (C=O) groups excluding carboxylic acids is 1.